The molecule has 0 saturated carbocycles. The first-order valence-electron chi connectivity index (χ1n) is 10.7. The Morgan fingerprint density at radius 1 is 0.941 bits per heavy atom. The van der Waals surface area contributed by atoms with Crippen LogP contribution in [0.3, 0.4) is 0 Å². The fourth-order valence-corrected chi connectivity index (χ4v) is 3.03. The highest BCUT2D eigenvalue weighted by Gasteiger charge is 2.26. The normalized spacial score (nSPS) is 13.4. The van der Waals surface area contributed by atoms with Crippen molar-refractivity contribution in [1.82, 2.24) is 16.0 Å². The average molecular weight is 481 g/mol. The van der Waals surface area contributed by atoms with E-state index < -0.39 is 60.8 Å². The molecular weight excluding hydrogens is 448 g/mol. The van der Waals surface area contributed by atoms with Gasteiger partial charge in [0.25, 0.3) is 0 Å². The summed E-state index contributed by atoms with van der Waals surface area (Å²) in [5.41, 5.74) is 6.36. The van der Waals surface area contributed by atoms with Crippen molar-refractivity contribution < 1.29 is 39.3 Å². The Kier molecular flexibility index (Phi) is 11.5. The second-order valence-corrected chi connectivity index (χ2v) is 8.28. The minimum Gasteiger partial charge on any atom is -0.508 e. The molecule has 0 aliphatic rings. The third-order valence-corrected chi connectivity index (χ3v) is 4.77. The van der Waals surface area contributed by atoms with Gasteiger partial charge in [0, 0.05) is 12.8 Å². The summed E-state index contributed by atoms with van der Waals surface area (Å²) in [5.74, 6) is -4.54. The minimum atomic E-state index is -1.29. The summed E-state index contributed by atoms with van der Waals surface area (Å²) in [4.78, 5) is 59.4. The maximum Gasteiger partial charge on any atom is 0.326 e. The van der Waals surface area contributed by atoms with Crippen LogP contribution in [0.15, 0.2) is 24.3 Å². The molecule has 8 N–H and O–H groups in total. The number of nitrogens with one attached hydrogen (secondary N) is 3. The van der Waals surface area contributed by atoms with Crippen molar-refractivity contribution in [3.8, 4) is 5.75 Å². The van der Waals surface area contributed by atoms with Gasteiger partial charge in [0.2, 0.25) is 17.7 Å². The van der Waals surface area contributed by atoms with Gasteiger partial charge in [-0.1, -0.05) is 26.0 Å². The fourth-order valence-electron chi connectivity index (χ4n) is 3.03. The fraction of sp³-hybridized carbons (Fsp3) is 0.500. The van der Waals surface area contributed by atoms with Crippen molar-refractivity contribution in [2.45, 2.75) is 57.7 Å². The number of aliphatic carboxylic acids is 2. The Bertz CT molecular complexity index is 872. The number of rotatable bonds is 14. The van der Waals surface area contributed by atoms with Crippen LogP contribution in [0.2, 0.25) is 0 Å². The molecule has 3 atom stereocenters. The minimum absolute atomic E-state index is 0.0112. The zero-order valence-electron chi connectivity index (χ0n) is 19.1. The Hall–Kier alpha value is -3.67. The van der Waals surface area contributed by atoms with E-state index in [9.17, 15) is 34.2 Å². The lowest BCUT2D eigenvalue weighted by Gasteiger charge is -2.21. The van der Waals surface area contributed by atoms with Crippen LogP contribution in [0, 0.1) is 5.92 Å². The second-order valence-electron chi connectivity index (χ2n) is 8.28. The maximum atomic E-state index is 12.5. The van der Waals surface area contributed by atoms with Crippen LogP contribution in [-0.4, -0.2) is 69.7 Å². The van der Waals surface area contributed by atoms with Crippen molar-refractivity contribution in [2.24, 2.45) is 11.7 Å². The lowest BCUT2D eigenvalue weighted by atomic mass is 10.0. The zero-order chi connectivity index (χ0) is 25.8. The number of phenolic OH excluding ortho intramolecular Hbond substituents is 1. The molecule has 0 spiro atoms. The highest BCUT2D eigenvalue weighted by molar-refractivity contribution is 5.92. The summed E-state index contributed by atoms with van der Waals surface area (Å²) in [6.45, 7) is 3.15. The molecule has 1 rings (SSSR count). The summed E-state index contributed by atoms with van der Waals surface area (Å²) >= 11 is 0. The van der Waals surface area contributed by atoms with Gasteiger partial charge in [0.15, 0.2) is 0 Å². The largest absolute Gasteiger partial charge is 0.508 e. The zero-order valence-corrected chi connectivity index (χ0v) is 19.1. The molecule has 34 heavy (non-hydrogen) atoms. The molecule has 188 valence electrons. The molecule has 0 radical (unpaired) electrons. The Morgan fingerprint density at radius 3 is 2.09 bits per heavy atom. The van der Waals surface area contributed by atoms with E-state index >= 15 is 0 Å². The number of aromatic hydroxyl groups is 1. The molecule has 3 amide bonds. The van der Waals surface area contributed by atoms with E-state index in [1.165, 1.54) is 24.3 Å². The Labute approximate surface area is 196 Å². The highest BCUT2D eigenvalue weighted by Crippen LogP contribution is 2.11. The van der Waals surface area contributed by atoms with E-state index in [-0.39, 0.29) is 24.5 Å². The van der Waals surface area contributed by atoms with Gasteiger partial charge in [-0.25, -0.2) is 4.79 Å². The van der Waals surface area contributed by atoms with Gasteiger partial charge in [-0.2, -0.15) is 0 Å². The number of carbonyl (C=O) groups is 5. The molecular formula is C22H32N4O8. The number of carbonyl (C=O) groups excluding carboxylic acids is 3. The molecule has 3 unspecified atom stereocenters. The van der Waals surface area contributed by atoms with Crippen LogP contribution in [0.1, 0.15) is 38.7 Å². The summed E-state index contributed by atoms with van der Waals surface area (Å²) < 4.78 is 0. The van der Waals surface area contributed by atoms with Crippen LogP contribution in [-0.2, 0) is 30.4 Å². The first-order chi connectivity index (χ1) is 15.9. The molecule has 0 heterocycles. The predicted octanol–water partition coefficient (Wildman–Crippen LogP) is -0.657. The van der Waals surface area contributed by atoms with E-state index in [0.29, 0.717) is 12.0 Å². The third-order valence-electron chi connectivity index (χ3n) is 4.77. The number of hydrogen-bond acceptors (Lipinski definition) is 7. The Balaban J connectivity index is 2.70. The summed E-state index contributed by atoms with van der Waals surface area (Å²) in [5, 5.41) is 34.6. The highest BCUT2D eigenvalue weighted by atomic mass is 16.4. The molecule has 0 fully saturated rings. The van der Waals surface area contributed by atoms with Gasteiger partial charge in [-0.3, -0.25) is 19.2 Å². The molecule has 1 aromatic rings. The molecule has 12 heteroatoms. The topological polar surface area (TPSA) is 208 Å². The van der Waals surface area contributed by atoms with Gasteiger partial charge in [-0.15, -0.1) is 0 Å². The maximum absolute atomic E-state index is 12.5. The molecule has 0 aliphatic carbocycles. The van der Waals surface area contributed by atoms with Gasteiger partial charge in [0.05, 0.1) is 12.6 Å². The first kappa shape index (κ1) is 28.4. The lowest BCUT2D eigenvalue weighted by molar-refractivity contribution is -0.141. The number of carboxylic acid groups (broad SMARTS) is 2. The molecule has 12 nitrogen and oxygen atoms in total. The van der Waals surface area contributed by atoms with E-state index in [1.807, 2.05) is 13.8 Å². The van der Waals surface area contributed by atoms with Crippen LogP contribution in [0.5, 0.6) is 5.75 Å². The number of carboxylic acids is 2. The van der Waals surface area contributed by atoms with Gasteiger partial charge in [0.1, 0.15) is 17.8 Å². The predicted molar refractivity (Wildman–Crippen MR) is 121 cm³/mol. The first-order valence-corrected chi connectivity index (χ1v) is 10.7. The van der Waals surface area contributed by atoms with Crippen LogP contribution in [0.4, 0.5) is 0 Å². The van der Waals surface area contributed by atoms with E-state index in [2.05, 4.69) is 16.0 Å². The Morgan fingerprint density at radius 2 is 1.56 bits per heavy atom. The van der Waals surface area contributed by atoms with Gasteiger partial charge in [-0.05, 0) is 36.5 Å². The van der Waals surface area contributed by atoms with Crippen molar-refractivity contribution in [3.05, 3.63) is 29.8 Å². The van der Waals surface area contributed by atoms with E-state index in [1.54, 1.807) is 0 Å². The van der Waals surface area contributed by atoms with Crippen molar-refractivity contribution >= 4 is 29.7 Å². The van der Waals surface area contributed by atoms with E-state index in [0.717, 1.165) is 0 Å². The summed E-state index contributed by atoms with van der Waals surface area (Å²) in [6.07, 6.45) is -0.321. The quantitative estimate of drug-likeness (QED) is 0.180. The number of hydrogen-bond donors (Lipinski definition) is 7. The number of amides is 3. The summed E-state index contributed by atoms with van der Waals surface area (Å²) in [6, 6.07) is 2.38. The molecule has 0 saturated heterocycles. The lowest BCUT2D eigenvalue weighted by Crippen LogP contribution is -2.53. The van der Waals surface area contributed by atoms with Crippen molar-refractivity contribution in [2.75, 3.05) is 6.54 Å². The van der Waals surface area contributed by atoms with Crippen LogP contribution >= 0.6 is 0 Å². The number of benzene rings is 1. The van der Waals surface area contributed by atoms with Crippen molar-refractivity contribution in [1.29, 1.82) is 0 Å². The molecule has 0 aliphatic heterocycles. The van der Waals surface area contributed by atoms with Crippen LogP contribution in [0.25, 0.3) is 0 Å². The van der Waals surface area contributed by atoms with Crippen LogP contribution < -0.4 is 21.7 Å². The SMILES string of the molecule is CC(C)CC(N)C(=O)NC(CCC(=O)O)C(=O)NCC(=O)NC(Cc1ccc(O)cc1)C(=O)O. The average Bonchev–Trinajstić information content (AvgIpc) is 2.75. The standard InChI is InChI=1S/C22H32N4O8/c1-12(2)9-15(23)20(31)26-16(7-8-19(29)30)21(32)24-11-18(28)25-17(22(33)34)10-13-3-5-14(27)6-4-13/h3-6,12,15-17,27H,7-11,23H2,1-2H3,(H,24,32)(H,25,28)(H,26,31)(H,29,30)(H,33,34). The molecule has 1 aromatic carbocycles. The molecule has 0 bridgehead atoms. The molecule has 0 aromatic heterocycles. The summed E-state index contributed by atoms with van der Waals surface area (Å²) in [7, 11) is 0. The van der Waals surface area contributed by atoms with Gasteiger partial charge >= 0.3 is 11.9 Å². The number of phenols is 1. The smallest absolute Gasteiger partial charge is 0.326 e. The monoisotopic (exact) mass is 480 g/mol. The van der Waals surface area contributed by atoms with Gasteiger partial charge < -0.3 is 37.0 Å². The van der Waals surface area contributed by atoms with Crippen molar-refractivity contribution in [3.63, 3.8) is 0 Å². The van der Waals surface area contributed by atoms with E-state index in [4.69, 9.17) is 10.8 Å². The second kappa shape index (κ2) is 13.8. The third kappa shape index (κ3) is 10.8. The number of nitrogens with two attached hydrogens (primary N) is 1.